The van der Waals surface area contributed by atoms with Gasteiger partial charge in [-0.15, -0.1) is 13.2 Å². The van der Waals surface area contributed by atoms with Gasteiger partial charge in [-0.2, -0.15) is 0 Å². The van der Waals surface area contributed by atoms with Crippen molar-refractivity contribution >= 4 is 17.1 Å². The van der Waals surface area contributed by atoms with Crippen LogP contribution in [0.25, 0.3) is 16.9 Å². The molecule has 0 aliphatic heterocycles. The Kier molecular flexibility index (Phi) is 3.51. The Balaban J connectivity index is 2.13. The van der Waals surface area contributed by atoms with Crippen molar-refractivity contribution in [3.8, 4) is 11.4 Å². The highest BCUT2D eigenvalue weighted by atomic mass is 19.4. The molecule has 2 heterocycles. The Morgan fingerprint density at radius 3 is 2.71 bits per heavy atom. The minimum atomic E-state index is -4.85. The summed E-state index contributed by atoms with van der Waals surface area (Å²) in [5, 5.41) is 0. The Hall–Kier alpha value is -3.30. The summed E-state index contributed by atoms with van der Waals surface area (Å²) in [5.41, 5.74) is 5.06. The maximum atomic E-state index is 12.3. The van der Waals surface area contributed by atoms with Gasteiger partial charge in [-0.3, -0.25) is 4.79 Å². The van der Waals surface area contributed by atoms with Crippen LogP contribution in [0.1, 0.15) is 10.4 Å². The highest BCUT2D eigenvalue weighted by Gasteiger charge is 2.31. The number of nitrogens with zero attached hydrogens (tertiary/aromatic N) is 2. The molecule has 0 radical (unpaired) electrons. The summed E-state index contributed by atoms with van der Waals surface area (Å²) in [6.07, 6.45) is -3.68. The smallest absolute Gasteiger partial charge is 0.406 e. The lowest BCUT2D eigenvalue weighted by Crippen LogP contribution is -2.18. The molecule has 3 N–H and O–H groups in total. The fraction of sp³-hybridized carbons (Fsp3) is 0.0714. The lowest BCUT2D eigenvalue weighted by atomic mass is 10.2. The number of hydrogen-bond donors (Lipinski definition) is 2. The maximum absolute atomic E-state index is 12.3. The fourth-order valence-electron chi connectivity index (χ4n) is 2.19. The number of hydrogen-bond acceptors (Lipinski definition) is 4. The highest BCUT2D eigenvalue weighted by molar-refractivity contribution is 5.95. The molecule has 0 fully saturated rings. The topological polar surface area (TPSA) is 103 Å². The predicted molar refractivity (Wildman–Crippen MR) is 76.9 cm³/mol. The first-order valence-electron chi connectivity index (χ1n) is 6.51. The van der Waals surface area contributed by atoms with E-state index < -0.39 is 23.7 Å². The number of aromatic nitrogens is 3. The minimum absolute atomic E-state index is 0.0880. The van der Waals surface area contributed by atoms with Crippen LogP contribution in [0.2, 0.25) is 0 Å². The number of aromatic amines is 1. The van der Waals surface area contributed by atoms with E-state index >= 15 is 0 Å². The standard InChI is InChI=1S/C14H9F3N4O3/c15-14(16,17)24-9-3-1-2-8(5-9)21-12-10(20-13(21)23)4-7(6-19-12)11(18)22/h1-6H,(H2,18,22)(H,20,23). The number of pyridine rings is 1. The van der Waals surface area contributed by atoms with Gasteiger partial charge >= 0.3 is 12.1 Å². The molecule has 0 aliphatic rings. The van der Waals surface area contributed by atoms with Gasteiger partial charge in [0.25, 0.3) is 0 Å². The predicted octanol–water partition coefficient (Wildman–Crippen LogP) is 1.71. The van der Waals surface area contributed by atoms with Gasteiger partial charge in [0.2, 0.25) is 5.91 Å². The molecule has 2 aromatic heterocycles. The number of ether oxygens (including phenoxy) is 1. The van der Waals surface area contributed by atoms with E-state index in [1.165, 1.54) is 24.4 Å². The highest BCUT2D eigenvalue weighted by Crippen LogP contribution is 2.25. The number of rotatable bonds is 3. The van der Waals surface area contributed by atoms with Crippen molar-refractivity contribution in [1.82, 2.24) is 14.5 Å². The lowest BCUT2D eigenvalue weighted by Gasteiger charge is -2.10. The molecule has 124 valence electrons. The van der Waals surface area contributed by atoms with Crippen LogP contribution in [-0.2, 0) is 0 Å². The number of alkyl halides is 3. The monoisotopic (exact) mass is 338 g/mol. The summed E-state index contributed by atoms with van der Waals surface area (Å²) in [6.45, 7) is 0. The zero-order valence-electron chi connectivity index (χ0n) is 11.8. The second-order valence-electron chi connectivity index (χ2n) is 4.77. The van der Waals surface area contributed by atoms with Gasteiger partial charge in [0.15, 0.2) is 5.65 Å². The largest absolute Gasteiger partial charge is 0.573 e. The summed E-state index contributed by atoms with van der Waals surface area (Å²) in [5.74, 6) is -1.20. The van der Waals surface area contributed by atoms with E-state index in [-0.39, 0.29) is 22.4 Å². The molecule has 0 aliphatic carbocycles. The van der Waals surface area contributed by atoms with Gasteiger partial charge in [0, 0.05) is 12.3 Å². The Bertz CT molecular complexity index is 991. The minimum Gasteiger partial charge on any atom is -0.406 e. The van der Waals surface area contributed by atoms with Crippen LogP contribution in [-0.4, -0.2) is 26.8 Å². The molecule has 0 saturated carbocycles. The maximum Gasteiger partial charge on any atom is 0.573 e. The number of imidazole rings is 1. The average molecular weight is 338 g/mol. The molecule has 10 heteroatoms. The summed E-state index contributed by atoms with van der Waals surface area (Å²) >= 11 is 0. The molecule has 0 unspecified atom stereocenters. The molecule has 0 saturated heterocycles. The molecular formula is C14H9F3N4O3. The van der Waals surface area contributed by atoms with E-state index in [1.54, 1.807) is 0 Å². The number of nitrogens with two attached hydrogens (primary N) is 1. The number of halogens is 3. The van der Waals surface area contributed by atoms with Crippen molar-refractivity contribution in [2.24, 2.45) is 5.73 Å². The third-order valence-electron chi connectivity index (χ3n) is 3.12. The Morgan fingerprint density at radius 1 is 1.29 bits per heavy atom. The van der Waals surface area contributed by atoms with E-state index in [2.05, 4.69) is 14.7 Å². The molecule has 3 rings (SSSR count). The van der Waals surface area contributed by atoms with Crippen LogP contribution in [0.4, 0.5) is 13.2 Å². The molecule has 1 aromatic carbocycles. The van der Waals surface area contributed by atoms with Crippen molar-refractivity contribution < 1.29 is 22.7 Å². The molecule has 1 amide bonds. The van der Waals surface area contributed by atoms with Crippen LogP contribution in [0.5, 0.6) is 5.75 Å². The SMILES string of the molecule is NC(=O)c1cnc2c(c1)[nH]c(=O)n2-c1cccc(OC(F)(F)F)c1. The number of benzene rings is 1. The average Bonchev–Trinajstić information content (AvgIpc) is 2.80. The van der Waals surface area contributed by atoms with Crippen LogP contribution >= 0.6 is 0 Å². The number of carbonyl (C=O) groups is 1. The van der Waals surface area contributed by atoms with Crippen molar-refractivity contribution in [2.45, 2.75) is 6.36 Å². The van der Waals surface area contributed by atoms with Gasteiger partial charge in [0.1, 0.15) is 5.75 Å². The van der Waals surface area contributed by atoms with Crippen LogP contribution < -0.4 is 16.2 Å². The zero-order valence-corrected chi connectivity index (χ0v) is 11.8. The second kappa shape index (κ2) is 5.41. The number of primary amides is 1. The van der Waals surface area contributed by atoms with Gasteiger partial charge in [-0.05, 0) is 18.2 Å². The quantitative estimate of drug-likeness (QED) is 0.759. The van der Waals surface area contributed by atoms with Crippen molar-refractivity contribution in [1.29, 1.82) is 0 Å². The van der Waals surface area contributed by atoms with Gasteiger partial charge in [-0.25, -0.2) is 14.3 Å². The number of carbonyl (C=O) groups excluding carboxylic acids is 1. The van der Waals surface area contributed by atoms with Crippen LogP contribution in [0, 0.1) is 0 Å². The lowest BCUT2D eigenvalue weighted by molar-refractivity contribution is -0.274. The van der Waals surface area contributed by atoms with Crippen molar-refractivity contribution in [3.63, 3.8) is 0 Å². The van der Waals surface area contributed by atoms with Gasteiger partial charge in [-0.1, -0.05) is 6.07 Å². The first-order valence-corrected chi connectivity index (χ1v) is 6.51. The Morgan fingerprint density at radius 2 is 2.04 bits per heavy atom. The molecule has 0 atom stereocenters. The van der Waals surface area contributed by atoms with Crippen molar-refractivity contribution in [3.05, 3.63) is 52.6 Å². The molecule has 7 nitrogen and oxygen atoms in total. The molecular weight excluding hydrogens is 329 g/mol. The van der Waals surface area contributed by atoms with E-state index in [4.69, 9.17) is 5.73 Å². The summed E-state index contributed by atoms with van der Waals surface area (Å²) in [7, 11) is 0. The number of fused-ring (bicyclic) bond motifs is 1. The third-order valence-corrected chi connectivity index (χ3v) is 3.12. The number of nitrogens with one attached hydrogen (secondary N) is 1. The van der Waals surface area contributed by atoms with Crippen LogP contribution in [0.15, 0.2) is 41.3 Å². The molecule has 0 spiro atoms. The van der Waals surface area contributed by atoms with E-state index in [0.717, 1.165) is 16.7 Å². The van der Waals surface area contributed by atoms with E-state index in [0.29, 0.717) is 0 Å². The molecule has 24 heavy (non-hydrogen) atoms. The number of amides is 1. The summed E-state index contributed by atoms with van der Waals surface area (Å²) in [4.78, 5) is 29.7. The van der Waals surface area contributed by atoms with Gasteiger partial charge in [0.05, 0.1) is 16.8 Å². The summed E-state index contributed by atoms with van der Waals surface area (Å²) in [6, 6.07) is 6.21. The zero-order chi connectivity index (χ0) is 17.5. The Labute approximate surface area is 131 Å². The first-order chi connectivity index (χ1) is 11.2. The molecule has 0 bridgehead atoms. The summed E-state index contributed by atoms with van der Waals surface area (Å²) < 4.78 is 41.8. The second-order valence-corrected chi connectivity index (χ2v) is 4.77. The van der Waals surface area contributed by atoms with Gasteiger partial charge < -0.3 is 15.5 Å². The number of H-pyrrole nitrogens is 1. The van der Waals surface area contributed by atoms with E-state index in [1.807, 2.05) is 0 Å². The third kappa shape index (κ3) is 2.93. The molecule has 3 aromatic rings. The normalized spacial score (nSPS) is 11.6. The fourth-order valence-corrected chi connectivity index (χ4v) is 2.19. The first kappa shape index (κ1) is 15.6. The van der Waals surface area contributed by atoms with E-state index in [9.17, 15) is 22.8 Å². The van der Waals surface area contributed by atoms with Crippen LogP contribution in [0.3, 0.4) is 0 Å². The van der Waals surface area contributed by atoms with Crippen molar-refractivity contribution in [2.75, 3.05) is 0 Å².